The predicted molar refractivity (Wildman–Crippen MR) is 52.1 cm³/mol. The highest BCUT2D eigenvalue weighted by Gasteiger charge is 2.20. The van der Waals surface area contributed by atoms with E-state index in [2.05, 4.69) is 15.0 Å². The maximum absolute atomic E-state index is 10.9. The van der Waals surface area contributed by atoms with E-state index in [1.165, 1.54) is 7.11 Å². The Kier molecular flexibility index (Phi) is 4.69. The number of nitrogens with one attached hydrogen (secondary N) is 1. The number of aliphatic hydroxyl groups excluding tert-OH is 1. The summed E-state index contributed by atoms with van der Waals surface area (Å²) < 4.78 is 4.53. The minimum atomic E-state index is -0.374. The van der Waals surface area contributed by atoms with Crippen molar-refractivity contribution in [2.75, 3.05) is 33.4 Å². The van der Waals surface area contributed by atoms with Crippen molar-refractivity contribution in [2.24, 2.45) is 0 Å². The van der Waals surface area contributed by atoms with E-state index in [0.717, 1.165) is 25.9 Å². The van der Waals surface area contributed by atoms with E-state index >= 15 is 0 Å². The number of ether oxygens (including phenoxy) is 1. The van der Waals surface area contributed by atoms with Gasteiger partial charge in [0, 0.05) is 19.1 Å². The summed E-state index contributed by atoms with van der Waals surface area (Å²) >= 11 is 0. The van der Waals surface area contributed by atoms with E-state index in [0.29, 0.717) is 6.54 Å². The first-order valence-corrected chi connectivity index (χ1v) is 4.94. The minimum absolute atomic E-state index is 0.155. The van der Waals surface area contributed by atoms with Crippen LogP contribution in [-0.2, 0) is 4.74 Å². The van der Waals surface area contributed by atoms with Crippen LogP contribution >= 0.6 is 0 Å². The normalized spacial score (nSPS) is 23.1. The maximum Gasteiger partial charge on any atom is 0.407 e. The van der Waals surface area contributed by atoms with Crippen molar-refractivity contribution in [3.8, 4) is 0 Å². The molecule has 14 heavy (non-hydrogen) atoms. The maximum atomic E-state index is 10.9. The Bertz CT molecular complexity index is 185. The van der Waals surface area contributed by atoms with Gasteiger partial charge in [-0.05, 0) is 19.4 Å². The number of nitrogens with zero attached hydrogens (tertiary/aromatic N) is 1. The van der Waals surface area contributed by atoms with Crippen molar-refractivity contribution in [3.63, 3.8) is 0 Å². The molecule has 1 heterocycles. The summed E-state index contributed by atoms with van der Waals surface area (Å²) in [4.78, 5) is 13.1. The molecule has 1 aliphatic rings. The zero-order chi connectivity index (χ0) is 10.4. The number of amides is 1. The second kappa shape index (κ2) is 5.82. The molecule has 1 aliphatic heterocycles. The molecular formula is C9H18N2O3. The standard InChI is InChI=1S/C9H18N2O3/c1-14-9(13)10-8-3-2-4-11(7-8)5-6-12/h8,12H,2-7H2,1H3,(H,10,13). The molecule has 1 rings (SSSR count). The lowest BCUT2D eigenvalue weighted by Gasteiger charge is -2.32. The van der Waals surface area contributed by atoms with Gasteiger partial charge in [0.2, 0.25) is 0 Å². The van der Waals surface area contributed by atoms with Crippen molar-refractivity contribution < 1.29 is 14.6 Å². The fraction of sp³-hybridized carbons (Fsp3) is 0.889. The fourth-order valence-corrected chi connectivity index (χ4v) is 1.74. The van der Waals surface area contributed by atoms with Crippen molar-refractivity contribution >= 4 is 6.09 Å². The number of alkyl carbamates (subject to hydrolysis) is 1. The molecule has 82 valence electrons. The quantitative estimate of drug-likeness (QED) is 0.665. The molecule has 2 N–H and O–H groups in total. The molecule has 1 unspecified atom stereocenters. The van der Waals surface area contributed by atoms with E-state index in [4.69, 9.17) is 5.11 Å². The average molecular weight is 202 g/mol. The van der Waals surface area contributed by atoms with Crippen molar-refractivity contribution in [3.05, 3.63) is 0 Å². The molecule has 5 nitrogen and oxygen atoms in total. The topological polar surface area (TPSA) is 61.8 Å². The Morgan fingerprint density at radius 3 is 3.14 bits per heavy atom. The second-order valence-electron chi connectivity index (χ2n) is 3.50. The highest BCUT2D eigenvalue weighted by molar-refractivity contribution is 5.67. The monoisotopic (exact) mass is 202 g/mol. The van der Waals surface area contributed by atoms with Crippen LogP contribution < -0.4 is 5.32 Å². The van der Waals surface area contributed by atoms with Crippen LogP contribution in [0.25, 0.3) is 0 Å². The fourth-order valence-electron chi connectivity index (χ4n) is 1.74. The number of methoxy groups -OCH3 is 1. The van der Waals surface area contributed by atoms with E-state index in [1.54, 1.807) is 0 Å². The van der Waals surface area contributed by atoms with Crippen molar-refractivity contribution in [2.45, 2.75) is 18.9 Å². The number of β-amino-alcohol motifs (C(OH)–C–C–N with tert-alkyl or cyclic N) is 1. The number of carbonyl (C=O) groups excluding carboxylic acids is 1. The summed E-state index contributed by atoms with van der Waals surface area (Å²) in [6, 6.07) is 0.155. The highest BCUT2D eigenvalue weighted by atomic mass is 16.5. The molecule has 0 saturated carbocycles. The number of piperidine rings is 1. The van der Waals surface area contributed by atoms with Gasteiger partial charge in [0.05, 0.1) is 13.7 Å². The van der Waals surface area contributed by atoms with Crippen LogP contribution in [0, 0.1) is 0 Å². The molecular weight excluding hydrogens is 184 g/mol. The molecule has 1 atom stereocenters. The summed E-state index contributed by atoms with van der Waals surface area (Å²) in [6.45, 7) is 2.65. The number of carbonyl (C=O) groups is 1. The van der Waals surface area contributed by atoms with Gasteiger partial charge in [-0.15, -0.1) is 0 Å². The van der Waals surface area contributed by atoms with Crippen LogP contribution in [0.1, 0.15) is 12.8 Å². The van der Waals surface area contributed by atoms with Crippen LogP contribution in [0.2, 0.25) is 0 Å². The molecule has 0 aromatic carbocycles. The molecule has 0 aromatic rings. The molecule has 1 fully saturated rings. The molecule has 0 aliphatic carbocycles. The Morgan fingerprint density at radius 1 is 1.71 bits per heavy atom. The lowest BCUT2D eigenvalue weighted by Crippen LogP contribution is -2.48. The van der Waals surface area contributed by atoms with Gasteiger partial charge in [-0.25, -0.2) is 4.79 Å². The Morgan fingerprint density at radius 2 is 2.50 bits per heavy atom. The number of hydrogen-bond donors (Lipinski definition) is 2. The minimum Gasteiger partial charge on any atom is -0.453 e. The Balaban J connectivity index is 2.28. The van der Waals surface area contributed by atoms with E-state index in [9.17, 15) is 4.79 Å². The summed E-state index contributed by atoms with van der Waals surface area (Å²) in [5.41, 5.74) is 0. The Labute approximate surface area is 84.0 Å². The van der Waals surface area contributed by atoms with Gasteiger partial charge in [0.25, 0.3) is 0 Å². The SMILES string of the molecule is COC(=O)NC1CCCN(CCO)C1. The van der Waals surface area contributed by atoms with E-state index < -0.39 is 0 Å². The van der Waals surface area contributed by atoms with Crippen molar-refractivity contribution in [1.29, 1.82) is 0 Å². The molecule has 1 saturated heterocycles. The zero-order valence-corrected chi connectivity index (χ0v) is 8.53. The van der Waals surface area contributed by atoms with Gasteiger partial charge in [0.15, 0.2) is 0 Å². The third-order valence-electron chi connectivity index (χ3n) is 2.43. The van der Waals surface area contributed by atoms with E-state index in [-0.39, 0.29) is 18.7 Å². The molecule has 0 radical (unpaired) electrons. The first kappa shape index (κ1) is 11.3. The van der Waals surface area contributed by atoms with Gasteiger partial charge in [-0.3, -0.25) is 4.90 Å². The second-order valence-corrected chi connectivity index (χ2v) is 3.50. The van der Waals surface area contributed by atoms with Crippen molar-refractivity contribution in [1.82, 2.24) is 10.2 Å². The van der Waals surface area contributed by atoms with Crippen LogP contribution in [0.4, 0.5) is 4.79 Å². The molecule has 5 heteroatoms. The molecule has 1 amide bonds. The van der Waals surface area contributed by atoms with Gasteiger partial charge in [-0.2, -0.15) is 0 Å². The largest absolute Gasteiger partial charge is 0.453 e. The summed E-state index contributed by atoms with van der Waals surface area (Å²) in [7, 11) is 1.36. The van der Waals surface area contributed by atoms with Crippen LogP contribution in [0.5, 0.6) is 0 Å². The third kappa shape index (κ3) is 3.51. The molecule has 0 spiro atoms. The number of hydrogen-bond acceptors (Lipinski definition) is 4. The van der Waals surface area contributed by atoms with Gasteiger partial charge >= 0.3 is 6.09 Å². The number of aliphatic hydroxyl groups is 1. The average Bonchev–Trinajstić information content (AvgIpc) is 2.19. The molecule has 0 bridgehead atoms. The van der Waals surface area contributed by atoms with Gasteiger partial charge < -0.3 is 15.2 Å². The first-order chi connectivity index (χ1) is 6.76. The van der Waals surface area contributed by atoms with Crippen LogP contribution in [0.3, 0.4) is 0 Å². The molecule has 0 aromatic heterocycles. The van der Waals surface area contributed by atoms with Crippen LogP contribution in [0.15, 0.2) is 0 Å². The Hall–Kier alpha value is -0.810. The highest BCUT2D eigenvalue weighted by Crippen LogP contribution is 2.09. The van der Waals surface area contributed by atoms with Crippen LogP contribution in [-0.4, -0.2) is 55.5 Å². The zero-order valence-electron chi connectivity index (χ0n) is 8.53. The first-order valence-electron chi connectivity index (χ1n) is 4.94. The van der Waals surface area contributed by atoms with E-state index in [1.807, 2.05) is 0 Å². The summed E-state index contributed by atoms with van der Waals surface area (Å²) in [6.07, 6.45) is 1.66. The third-order valence-corrected chi connectivity index (χ3v) is 2.43. The predicted octanol–water partition coefficient (Wildman–Crippen LogP) is -0.201. The van der Waals surface area contributed by atoms with Gasteiger partial charge in [0.1, 0.15) is 0 Å². The lowest BCUT2D eigenvalue weighted by molar-refractivity contribution is 0.135. The lowest BCUT2D eigenvalue weighted by atomic mass is 10.1. The smallest absolute Gasteiger partial charge is 0.407 e. The summed E-state index contributed by atoms with van der Waals surface area (Å²) in [5, 5.41) is 11.6. The number of rotatable bonds is 3. The van der Waals surface area contributed by atoms with Gasteiger partial charge in [-0.1, -0.05) is 0 Å². The summed E-state index contributed by atoms with van der Waals surface area (Å²) in [5.74, 6) is 0. The number of likely N-dealkylation sites (tertiary alicyclic amines) is 1.